The highest BCUT2D eigenvalue weighted by molar-refractivity contribution is 5.88. The number of nitrogens with one attached hydrogen (secondary N) is 1. The summed E-state index contributed by atoms with van der Waals surface area (Å²) in [6.45, 7) is 6.02. The molecule has 1 atom stereocenters. The van der Waals surface area contributed by atoms with E-state index >= 15 is 0 Å². The summed E-state index contributed by atoms with van der Waals surface area (Å²) in [6, 6.07) is 8.90. The molecule has 6 nitrogen and oxygen atoms in total. The van der Waals surface area contributed by atoms with Gasteiger partial charge in [0, 0.05) is 25.0 Å². The molecule has 0 unspecified atom stereocenters. The first-order chi connectivity index (χ1) is 13.5. The molecule has 0 saturated heterocycles. The van der Waals surface area contributed by atoms with E-state index in [1.54, 1.807) is 19.3 Å². The van der Waals surface area contributed by atoms with E-state index in [0.717, 1.165) is 34.9 Å². The van der Waals surface area contributed by atoms with Crippen molar-refractivity contribution in [3.8, 4) is 5.75 Å². The van der Waals surface area contributed by atoms with Gasteiger partial charge in [-0.2, -0.15) is 0 Å². The van der Waals surface area contributed by atoms with Crippen molar-refractivity contribution in [2.24, 2.45) is 0 Å². The Morgan fingerprint density at radius 1 is 1.32 bits per heavy atom. The van der Waals surface area contributed by atoms with Gasteiger partial charge < -0.3 is 14.5 Å². The lowest BCUT2D eigenvalue weighted by Crippen LogP contribution is -2.36. The Labute approximate surface area is 163 Å². The van der Waals surface area contributed by atoms with E-state index in [1.807, 2.05) is 38.1 Å². The number of carbonyl (C=O) groups excluding carboxylic acids is 1. The minimum absolute atomic E-state index is 0.229. The maximum absolute atomic E-state index is 12.5. The highest BCUT2D eigenvalue weighted by atomic mass is 16.5. The van der Waals surface area contributed by atoms with Crippen molar-refractivity contribution in [1.82, 2.24) is 10.3 Å². The van der Waals surface area contributed by atoms with Gasteiger partial charge in [-0.25, -0.2) is 4.79 Å². The van der Waals surface area contributed by atoms with Crippen molar-refractivity contribution in [3.63, 3.8) is 0 Å². The van der Waals surface area contributed by atoms with Gasteiger partial charge in [0.1, 0.15) is 11.3 Å². The lowest BCUT2D eigenvalue weighted by Gasteiger charge is -2.18. The number of fused-ring (bicyclic) bond motifs is 1. The molecule has 0 bridgehead atoms. The number of aromatic nitrogens is 1. The highest BCUT2D eigenvalue weighted by Gasteiger charge is 2.18. The van der Waals surface area contributed by atoms with Crippen LogP contribution in [0, 0.1) is 6.92 Å². The normalized spacial score (nSPS) is 12.0. The first-order valence-corrected chi connectivity index (χ1v) is 9.38. The molecule has 0 saturated carbocycles. The van der Waals surface area contributed by atoms with E-state index < -0.39 is 6.10 Å². The Balaban J connectivity index is 1.84. The molecular weight excluding hydrogens is 356 g/mol. The summed E-state index contributed by atoms with van der Waals surface area (Å²) in [5.74, 6) is 0.319. The molecule has 0 aliphatic carbocycles. The summed E-state index contributed by atoms with van der Waals surface area (Å²) in [5, 5.41) is 3.60. The zero-order chi connectivity index (χ0) is 20.1. The van der Waals surface area contributed by atoms with E-state index in [-0.39, 0.29) is 11.5 Å². The number of pyridine rings is 1. The first-order valence-electron chi connectivity index (χ1n) is 9.38. The van der Waals surface area contributed by atoms with Crippen molar-refractivity contribution in [1.29, 1.82) is 0 Å². The maximum Gasteiger partial charge on any atom is 0.336 e. The smallest absolute Gasteiger partial charge is 0.336 e. The third-order valence-corrected chi connectivity index (χ3v) is 4.42. The molecule has 6 heteroatoms. The average molecular weight is 380 g/mol. The number of rotatable bonds is 7. The van der Waals surface area contributed by atoms with Gasteiger partial charge in [-0.15, -0.1) is 0 Å². The van der Waals surface area contributed by atoms with E-state index in [9.17, 15) is 9.59 Å². The van der Waals surface area contributed by atoms with E-state index in [2.05, 4.69) is 10.3 Å². The van der Waals surface area contributed by atoms with Crippen LogP contribution in [0.15, 0.2) is 51.9 Å². The summed E-state index contributed by atoms with van der Waals surface area (Å²) < 4.78 is 11.4. The van der Waals surface area contributed by atoms with Crippen molar-refractivity contribution in [3.05, 3.63) is 69.8 Å². The number of nitrogens with zero attached hydrogens (tertiary/aromatic N) is 1. The molecule has 3 aromatic rings. The fourth-order valence-electron chi connectivity index (χ4n) is 3.11. The van der Waals surface area contributed by atoms with Gasteiger partial charge in [0.2, 0.25) is 0 Å². The van der Waals surface area contributed by atoms with E-state index in [4.69, 9.17) is 9.15 Å². The predicted molar refractivity (Wildman–Crippen MR) is 107 cm³/mol. The molecule has 1 aromatic carbocycles. The molecule has 0 aliphatic heterocycles. The molecule has 2 heterocycles. The Morgan fingerprint density at radius 2 is 2.14 bits per heavy atom. The maximum atomic E-state index is 12.5. The molecule has 0 radical (unpaired) electrons. The minimum atomic E-state index is -0.705. The first kappa shape index (κ1) is 19.6. The van der Waals surface area contributed by atoms with Crippen LogP contribution >= 0.6 is 0 Å². The second kappa shape index (κ2) is 8.69. The minimum Gasteiger partial charge on any atom is -0.480 e. The molecule has 1 N–H and O–H groups in total. The molecule has 3 rings (SSSR count). The van der Waals surface area contributed by atoms with E-state index in [0.29, 0.717) is 17.9 Å². The summed E-state index contributed by atoms with van der Waals surface area (Å²) in [6.07, 6.45) is 4.30. The second-order valence-electron chi connectivity index (χ2n) is 6.82. The van der Waals surface area contributed by atoms with Crippen LogP contribution in [0.4, 0.5) is 0 Å². The Hall–Kier alpha value is -3.15. The zero-order valence-corrected chi connectivity index (χ0v) is 16.3. The number of ether oxygens (including phenoxy) is 1. The quantitative estimate of drug-likeness (QED) is 0.634. The lowest BCUT2D eigenvalue weighted by atomic mass is 10.0. The lowest BCUT2D eigenvalue weighted by molar-refractivity contribution is -0.127. The molecular formula is C22H24N2O4. The molecule has 146 valence electrons. The number of benzene rings is 1. The van der Waals surface area contributed by atoms with Crippen LogP contribution in [-0.2, 0) is 17.8 Å². The molecule has 0 fully saturated rings. The third-order valence-electron chi connectivity index (χ3n) is 4.42. The molecule has 0 aliphatic rings. The SMILES string of the molecule is CCCc1cc(=O)oc2cc(C)cc(O[C@@H](C)C(=O)NCc3cccnc3)c12. The summed E-state index contributed by atoms with van der Waals surface area (Å²) in [4.78, 5) is 28.4. The molecule has 28 heavy (non-hydrogen) atoms. The van der Waals surface area contributed by atoms with Gasteiger partial charge in [0.25, 0.3) is 5.91 Å². The average Bonchev–Trinajstić information content (AvgIpc) is 2.66. The highest BCUT2D eigenvalue weighted by Crippen LogP contribution is 2.31. The second-order valence-corrected chi connectivity index (χ2v) is 6.82. The van der Waals surface area contributed by atoms with E-state index in [1.165, 1.54) is 6.07 Å². The number of aryl methyl sites for hydroxylation is 2. The summed E-state index contributed by atoms with van der Waals surface area (Å²) in [7, 11) is 0. The van der Waals surface area contributed by atoms with Gasteiger partial charge >= 0.3 is 5.63 Å². The van der Waals surface area contributed by atoms with Crippen LogP contribution in [0.25, 0.3) is 11.0 Å². The number of hydrogen-bond donors (Lipinski definition) is 1. The molecule has 2 aromatic heterocycles. The van der Waals surface area contributed by atoms with Gasteiger partial charge in [0.15, 0.2) is 6.10 Å². The Bertz CT molecular complexity index is 1030. The molecule has 1 amide bonds. The third kappa shape index (κ3) is 4.57. The van der Waals surface area contributed by atoms with Crippen molar-refractivity contribution < 1.29 is 13.9 Å². The van der Waals surface area contributed by atoms with Crippen LogP contribution < -0.4 is 15.7 Å². The number of carbonyl (C=O) groups is 1. The number of amides is 1. The summed E-state index contributed by atoms with van der Waals surface area (Å²) >= 11 is 0. The Morgan fingerprint density at radius 3 is 2.86 bits per heavy atom. The van der Waals surface area contributed by atoms with Crippen LogP contribution in [0.2, 0.25) is 0 Å². The molecule has 0 spiro atoms. The van der Waals surface area contributed by atoms with Gasteiger partial charge in [0.05, 0.1) is 5.39 Å². The van der Waals surface area contributed by atoms with Crippen LogP contribution in [-0.4, -0.2) is 17.0 Å². The van der Waals surface area contributed by atoms with Crippen LogP contribution in [0.3, 0.4) is 0 Å². The standard InChI is InChI=1S/C22H24N2O4/c1-4-6-17-11-20(25)28-19-10-14(2)9-18(21(17)19)27-15(3)22(26)24-13-16-7-5-8-23-12-16/h5,7-12,15H,4,6,13H2,1-3H3,(H,24,26)/t15-/m0/s1. The van der Waals surface area contributed by atoms with Gasteiger partial charge in [-0.05, 0) is 55.2 Å². The Kier molecular flexibility index (Phi) is 6.09. The van der Waals surface area contributed by atoms with Gasteiger partial charge in [-0.1, -0.05) is 19.4 Å². The van der Waals surface area contributed by atoms with Crippen molar-refractivity contribution in [2.45, 2.75) is 46.3 Å². The summed E-state index contributed by atoms with van der Waals surface area (Å²) in [5.41, 5.74) is 2.77. The monoisotopic (exact) mass is 380 g/mol. The van der Waals surface area contributed by atoms with Crippen molar-refractivity contribution >= 4 is 16.9 Å². The topological polar surface area (TPSA) is 81.4 Å². The van der Waals surface area contributed by atoms with Crippen LogP contribution in [0.5, 0.6) is 5.75 Å². The largest absolute Gasteiger partial charge is 0.480 e. The number of hydrogen-bond acceptors (Lipinski definition) is 5. The van der Waals surface area contributed by atoms with Gasteiger partial charge in [-0.3, -0.25) is 9.78 Å². The zero-order valence-electron chi connectivity index (χ0n) is 16.3. The van der Waals surface area contributed by atoms with Crippen molar-refractivity contribution in [2.75, 3.05) is 0 Å². The van der Waals surface area contributed by atoms with Crippen LogP contribution in [0.1, 0.15) is 37.0 Å². The fraction of sp³-hybridized carbons (Fsp3) is 0.318. The fourth-order valence-corrected chi connectivity index (χ4v) is 3.11. The predicted octanol–water partition coefficient (Wildman–Crippen LogP) is 3.53.